The largest absolute Gasteiger partial charge is 0.485 e. The van der Waals surface area contributed by atoms with Gasteiger partial charge >= 0.3 is 0 Å². The van der Waals surface area contributed by atoms with Crippen molar-refractivity contribution in [3.63, 3.8) is 0 Å². The first kappa shape index (κ1) is 13.5. The first-order valence-electron chi connectivity index (χ1n) is 6.49. The summed E-state index contributed by atoms with van der Waals surface area (Å²) in [5.41, 5.74) is 6.87. The van der Waals surface area contributed by atoms with Gasteiger partial charge in [-0.2, -0.15) is 4.98 Å². The Balaban J connectivity index is 1.95. The van der Waals surface area contributed by atoms with Crippen molar-refractivity contribution in [3.05, 3.63) is 41.5 Å². The molecule has 0 aliphatic rings. The average Bonchev–Trinajstić information content (AvgIpc) is 2.85. The van der Waals surface area contributed by atoms with Crippen LogP contribution < -0.4 is 10.5 Å². The van der Waals surface area contributed by atoms with Crippen LogP contribution in [0.4, 0.5) is 0 Å². The Morgan fingerprint density at radius 3 is 3.00 bits per heavy atom. The molecule has 5 heteroatoms. The van der Waals surface area contributed by atoms with E-state index >= 15 is 0 Å². The fourth-order valence-corrected chi connectivity index (χ4v) is 1.70. The Bertz CT molecular complexity index is 523. The van der Waals surface area contributed by atoms with Crippen molar-refractivity contribution in [3.8, 4) is 5.75 Å². The summed E-state index contributed by atoms with van der Waals surface area (Å²) in [5, 5.41) is 3.87. The monoisotopic (exact) mass is 261 g/mol. The highest BCUT2D eigenvalue weighted by molar-refractivity contribution is 5.30. The quantitative estimate of drug-likeness (QED) is 0.865. The molecule has 1 atom stereocenters. The fourth-order valence-electron chi connectivity index (χ4n) is 1.70. The van der Waals surface area contributed by atoms with Gasteiger partial charge in [-0.15, -0.1) is 0 Å². The number of benzene rings is 1. The third-order valence-corrected chi connectivity index (χ3v) is 2.73. The first-order chi connectivity index (χ1) is 9.19. The number of ether oxygens (including phenoxy) is 1. The maximum absolute atomic E-state index is 5.83. The summed E-state index contributed by atoms with van der Waals surface area (Å²) in [7, 11) is 0. The highest BCUT2D eigenvalue weighted by atomic mass is 16.5. The second kappa shape index (κ2) is 6.33. The topological polar surface area (TPSA) is 74.2 Å². The van der Waals surface area contributed by atoms with Gasteiger partial charge in [0.1, 0.15) is 5.75 Å². The molecule has 0 aliphatic heterocycles. The predicted octanol–water partition coefficient (Wildman–Crippen LogP) is 2.62. The van der Waals surface area contributed by atoms with Crippen LogP contribution in [-0.2, 0) is 13.0 Å². The number of hydrogen-bond donors (Lipinski definition) is 1. The Morgan fingerprint density at radius 1 is 1.42 bits per heavy atom. The van der Waals surface area contributed by atoms with Gasteiger partial charge in [-0.25, -0.2) is 0 Å². The Kier molecular flexibility index (Phi) is 4.52. The van der Waals surface area contributed by atoms with Gasteiger partial charge in [0.2, 0.25) is 11.7 Å². The summed E-state index contributed by atoms with van der Waals surface area (Å²) < 4.78 is 10.7. The molecule has 1 heterocycles. The van der Waals surface area contributed by atoms with E-state index in [4.69, 9.17) is 15.0 Å². The Labute approximate surface area is 112 Å². The van der Waals surface area contributed by atoms with Gasteiger partial charge in [0.05, 0.1) is 0 Å². The van der Waals surface area contributed by atoms with E-state index in [1.54, 1.807) is 0 Å². The predicted molar refractivity (Wildman–Crippen MR) is 71.7 cm³/mol. The average molecular weight is 261 g/mol. The molecule has 19 heavy (non-hydrogen) atoms. The van der Waals surface area contributed by atoms with Gasteiger partial charge < -0.3 is 15.0 Å². The van der Waals surface area contributed by atoms with Crippen LogP contribution in [0.1, 0.15) is 43.6 Å². The van der Waals surface area contributed by atoms with Crippen LogP contribution in [0.2, 0.25) is 0 Å². The van der Waals surface area contributed by atoms with Crippen LogP contribution in [0.3, 0.4) is 0 Å². The molecule has 0 saturated heterocycles. The first-order valence-corrected chi connectivity index (χ1v) is 6.49. The Hall–Kier alpha value is -1.88. The number of aromatic nitrogens is 2. The van der Waals surface area contributed by atoms with E-state index in [1.165, 1.54) is 0 Å². The van der Waals surface area contributed by atoms with E-state index in [-0.39, 0.29) is 6.04 Å². The number of nitrogens with two attached hydrogens (primary N) is 1. The van der Waals surface area contributed by atoms with Crippen molar-refractivity contribution in [2.75, 3.05) is 0 Å². The van der Waals surface area contributed by atoms with Crippen molar-refractivity contribution in [2.45, 2.75) is 39.3 Å². The second-order valence-electron chi connectivity index (χ2n) is 4.50. The van der Waals surface area contributed by atoms with Crippen molar-refractivity contribution in [2.24, 2.45) is 5.73 Å². The number of hydrogen-bond acceptors (Lipinski definition) is 5. The molecule has 5 nitrogen and oxygen atoms in total. The molecule has 1 aromatic carbocycles. The lowest BCUT2D eigenvalue weighted by Gasteiger charge is -2.08. The minimum Gasteiger partial charge on any atom is -0.485 e. The second-order valence-corrected chi connectivity index (χ2v) is 4.50. The molecule has 0 amide bonds. The number of nitrogens with zero attached hydrogens (tertiary/aromatic N) is 2. The highest BCUT2D eigenvalue weighted by Crippen LogP contribution is 2.18. The third-order valence-electron chi connectivity index (χ3n) is 2.73. The lowest BCUT2D eigenvalue weighted by Crippen LogP contribution is -2.05. The highest BCUT2D eigenvalue weighted by Gasteiger charge is 2.07. The van der Waals surface area contributed by atoms with Gasteiger partial charge in [0.25, 0.3) is 0 Å². The van der Waals surface area contributed by atoms with E-state index in [0.29, 0.717) is 18.3 Å². The molecular weight excluding hydrogens is 242 g/mol. The van der Waals surface area contributed by atoms with E-state index in [2.05, 4.69) is 17.1 Å². The molecule has 1 aromatic heterocycles. The maximum Gasteiger partial charge on any atom is 0.226 e. The van der Waals surface area contributed by atoms with Crippen LogP contribution in [-0.4, -0.2) is 10.1 Å². The van der Waals surface area contributed by atoms with E-state index in [0.717, 1.165) is 24.2 Å². The fraction of sp³-hybridized carbons (Fsp3) is 0.429. The molecule has 2 rings (SSSR count). The maximum atomic E-state index is 5.83. The number of aryl methyl sites for hydroxylation is 1. The molecule has 102 valence electrons. The van der Waals surface area contributed by atoms with Crippen molar-refractivity contribution in [1.82, 2.24) is 10.1 Å². The lowest BCUT2D eigenvalue weighted by atomic mass is 10.1. The van der Waals surface area contributed by atoms with Crippen LogP contribution in [0, 0.1) is 0 Å². The normalized spacial score (nSPS) is 12.4. The van der Waals surface area contributed by atoms with Crippen molar-refractivity contribution in [1.29, 1.82) is 0 Å². The van der Waals surface area contributed by atoms with Crippen LogP contribution in [0.25, 0.3) is 0 Å². The van der Waals surface area contributed by atoms with Gasteiger partial charge in [-0.3, -0.25) is 0 Å². The molecule has 0 radical (unpaired) electrons. The summed E-state index contributed by atoms with van der Waals surface area (Å²) >= 11 is 0. The summed E-state index contributed by atoms with van der Waals surface area (Å²) in [6.45, 7) is 4.31. The van der Waals surface area contributed by atoms with Gasteiger partial charge in [0, 0.05) is 12.5 Å². The van der Waals surface area contributed by atoms with Crippen LogP contribution in [0.5, 0.6) is 5.75 Å². The van der Waals surface area contributed by atoms with Gasteiger partial charge in [-0.1, -0.05) is 24.2 Å². The van der Waals surface area contributed by atoms with E-state index in [1.807, 2.05) is 31.2 Å². The SMILES string of the molecule is CCCc1nc(COc2cccc([C@H](C)N)c2)no1. The third kappa shape index (κ3) is 3.79. The summed E-state index contributed by atoms with van der Waals surface area (Å²) in [6.07, 6.45) is 1.78. The molecule has 2 aromatic rings. The zero-order chi connectivity index (χ0) is 13.7. The standard InChI is InChI=1S/C14H19N3O2/c1-3-5-14-16-13(17-19-14)9-18-12-7-4-6-11(8-12)10(2)15/h4,6-8,10H,3,5,9,15H2,1-2H3/t10-/m0/s1. The Morgan fingerprint density at radius 2 is 2.26 bits per heavy atom. The summed E-state index contributed by atoms with van der Waals surface area (Å²) in [6, 6.07) is 7.71. The van der Waals surface area contributed by atoms with Crippen LogP contribution >= 0.6 is 0 Å². The van der Waals surface area contributed by atoms with Crippen molar-refractivity contribution < 1.29 is 9.26 Å². The molecular formula is C14H19N3O2. The molecule has 2 N–H and O–H groups in total. The summed E-state index contributed by atoms with van der Waals surface area (Å²) in [5.74, 6) is 1.98. The lowest BCUT2D eigenvalue weighted by molar-refractivity contribution is 0.284. The zero-order valence-corrected chi connectivity index (χ0v) is 11.3. The molecule has 0 bridgehead atoms. The molecule has 0 aliphatic carbocycles. The van der Waals surface area contributed by atoms with Crippen LogP contribution in [0.15, 0.2) is 28.8 Å². The van der Waals surface area contributed by atoms with Gasteiger partial charge in [-0.05, 0) is 31.0 Å². The molecule has 0 fully saturated rings. The summed E-state index contributed by atoms with van der Waals surface area (Å²) in [4.78, 5) is 4.25. The minimum absolute atomic E-state index is 0.00937. The molecule has 0 unspecified atom stereocenters. The van der Waals surface area contributed by atoms with Gasteiger partial charge in [0.15, 0.2) is 6.61 Å². The van der Waals surface area contributed by atoms with E-state index in [9.17, 15) is 0 Å². The molecule has 0 saturated carbocycles. The number of rotatable bonds is 6. The van der Waals surface area contributed by atoms with E-state index < -0.39 is 0 Å². The molecule has 0 spiro atoms. The smallest absolute Gasteiger partial charge is 0.226 e. The zero-order valence-electron chi connectivity index (χ0n) is 11.3. The minimum atomic E-state index is -0.00937. The van der Waals surface area contributed by atoms with Crippen molar-refractivity contribution >= 4 is 0 Å².